The molecule has 0 amide bonds. The van der Waals surface area contributed by atoms with Crippen LogP contribution in [-0.4, -0.2) is 12.4 Å². The van der Waals surface area contributed by atoms with Gasteiger partial charge in [0, 0.05) is 15.8 Å². The predicted molar refractivity (Wildman–Crippen MR) is 80.8 cm³/mol. The standard InChI is InChI=1S/C17H12O2S/c18-16(13-6-3-4-11-8-9-20-17(11)13)14-10-19-15-7-2-1-5-12(14)15/h1-9,14H,10H2. The number of ether oxygens (including phenoxy) is 1. The van der Waals surface area contributed by atoms with Crippen LogP contribution in [0.25, 0.3) is 10.1 Å². The van der Waals surface area contributed by atoms with E-state index in [0.717, 1.165) is 27.0 Å². The van der Waals surface area contributed by atoms with E-state index in [-0.39, 0.29) is 11.7 Å². The molecule has 2 nitrogen and oxygen atoms in total. The Morgan fingerprint density at radius 1 is 1.10 bits per heavy atom. The van der Waals surface area contributed by atoms with Crippen molar-refractivity contribution in [3.63, 3.8) is 0 Å². The first kappa shape index (κ1) is 11.7. The molecule has 2 heterocycles. The fourth-order valence-corrected chi connectivity index (χ4v) is 3.67. The number of thiophene rings is 1. The molecule has 0 saturated carbocycles. The number of Topliss-reactive ketones (excluding diaryl/α,β-unsaturated/α-hetero) is 1. The fourth-order valence-electron chi connectivity index (χ4n) is 2.75. The second-order valence-corrected chi connectivity index (χ2v) is 5.83. The summed E-state index contributed by atoms with van der Waals surface area (Å²) in [6.45, 7) is 0.444. The molecule has 0 fully saturated rings. The lowest BCUT2D eigenvalue weighted by Crippen LogP contribution is -2.14. The average molecular weight is 280 g/mol. The van der Waals surface area contributed by atoms with Crippen molar-refractivity contribution in [2.45, 2.75) is 5.92 Å². The number of fused-ring (bicyclic) bond motifs is 2. The maximum Gasteiger partial charge on any atom is 0.175 e. The largest absolute Gasteiger partial charge is 0.492 e. The molecule has 20 heavy (non-hydrogen) atoms. The highest BCUT2D eigenvalue weighted by atomic mass is 32.1. The fraction of sp³-hybridized carbons (Fsp3) is 0.118. The van der Waals surface area contributed by atoms with Gasteiger partial charge in [0.1, 0.15) is 12.4 Å². The molecule has 98 valence electrons. The van der Waals surface area contributed by atoms with Gasteiger partial charge in [-0.15, -0.1) is 11.3 Å². The Labute approximate surface area is 120 Å². The lowest BCUT2D eigenvalue weighted by molar-refractivity contribution is 0.0949. The minimum Gasteiger partial charge on any atom is -0.492 e. The first-order valence-corrected chi connectivity index (χ1v) is 7.45. The van der Waals surface area contributed by atoms with Crippen molar-refractivity contribution in [2.24, 2.45) is 0 Å². The number of hydrogen-bond acceptors (Lipinski definition) is 3. The van der Waals surface area contributed by atoms with E-state index in [1.165, 1.54) is 0 Å². The van der Waals surface area contributed by atoms with Gasteiger partial charge < -0.3 is 4.74 Å². The smallest absolute Gasteiger partial charge is 0.175 e. The average Bonchev–Trinajstić information content (AvgIpc) is 3.12. The van der Waals surface area contributed by atoms with Crippen molar-refractivity contribution in [1.82, 2.24) is 0 Å². The third kappa shape index (κ3) is 1.67. The second kappa shape index (κ2) is 4.46. The summed E-state index contributed by atoms with van der Waals surface area (Å²) in [7, 11) is 0. The molecule has 1 atom stereocenters. The summed E-state index contributed by atoms with van der Waals surface area (Å²) in [6, 6.07) is 15.8. The Bertz CT molecular complexity index is 803. The summed E-state index contributed by atoms with van der Waals surface area (Å²) in [4.78, 5) is 12.8. The van der Waals surface area contributed by atoms with E-state index in [1.54, 1.807) is 11.3 Å². The van der Waals surface area contributed by atoms with E-state index in [4.69, 9.17) is 4.74 Å². The van der Waals surface area contributed by atoms with Crippen molar-refractivity contribution in [3.05, 3.63) is 65.0 Å². The molecule has 0 radical (unpaired) electrons. The van der Waals surface area contributed by atoms with Gasteiger partial charge >= 0.3 is 0 Å². The van der Waals surface area contributed by atoms with Gasteiger partial charge in [-0.25, -0.2) is 0 Å². The molecular weight excluding hydrogens is 268 g/mol. The predicted octanol–water partition coefficient (Wildman–Crippen LogP) is 4.26. The molecule has 1 unspecified atom stereocenters. The summed E-state index contributed by atoms with van der Waals surface area (Å²) >= 11 is 1.62. The normalized spacial score (nSPS) is 16.9. The minimum absolute atomic E-state index is 0.156. The van der Waals surface area contributed by atoms with E-state index in [9.17, 15) is 4.79 Å². The van der Waals surface area contributed by atoms with E-state index >= 15 is 0 Å². The van der Waals surface area contributed by atoms with Gasteiger partial charge in [-0.05, 0) is 29.0 Å². The van der Waals surface area contributed by atoms with Gasteiger partial charge in [-0.2, -0.15) is 0 Å². The molecule has 1 aliphatic rings. The van der Waals surface area contributed by atoms with Crippen LogP contribution in [0.5, 0.6) is 5.75 Å². The Hall–Kier alpha value is -2.13. The van der Waals surface area contributed by atoms with Crippen LogP contribution in [-0.2, 0) is 0 Å². The van der Waals surface area contributed by atoms with Gasteiger partial charge in [-0.3, -0.25) is 4.79 Å². The highest BCUT2D eigenvalue weighted by Crippen LogP contribution is 2.37. The van der Waals surface area contributed by atoms with Crippen molar-refractivity contribution >= 4 is 27.2 Å². The molecule has 3 heteroatoms. The summed E-state index contributed by atoms with van der Waals surface area (Å²) in [5, 5.41) is 3.16. The van der Waals surface area contributed by atoms with Gasteiger partial charge in [0.05, 0.1) is 5.92 Å². The van der Waals surface area contributed by atoms with Crippen molar-refractivity contribution in [1.29, 1.82) is 0 Å². The van der Waals surface area contributed by atoms with E-state index in [0.29, 0.717) is 6.61 Å². The third-order valence-corrected chi connectivity index (χ3v) is 4.72. The molecule has 0 saturated heterocycles. The summed E-state index contributed by atoms with van der Waals surface area (Å²) in [5.41, 5.74) is 1.81. The molecular formula is C17H12O2S. The van der Waals surface area contributed by atoms with E-state index in [2.05, 4.69) is 6.07 Å². The maximum atomic E-state index is 12.8. The van der Waals surface area contributed by atoms with Gasteiger partial charge in [0.15, 0.2) is 5.78 Å². The molecule has 0 spiro atoms. The van der Waals surface area contributed by atoms with Crippen LogP contribution in [0.2, 0.25) is 0 Å². The van der Waals surface area contributed by atoms with Crippen molar-refractivity contribution in [2.75, 3.05) is 6.61 Å². The van der Waals surface area contributed by atoms with Crippen LogP contribution in [0.4, 0.5) is 0 Å². The highest BCUT2D eigenvalue weighted by Gasteiger charge is 2.31. The SMILES string of the molecule is O=C(c1cccc2ccsc12)C1COc2ccccc21. The van der Waals surface area contributed by atoms with Crippen molar-refractivity contribution in [3.8, 4) is 5.75 Å². The molecule has 0 aliphatic carbocycles. The molecule has 2 aromatic carbocycles. The quantitative estimate of drug-likeness (QED) is 0.656. The molecule has 4 rings (SSSR count). The highest BCUT2D eigenvalue weighted by molar-refractivity contribution is 7.17. The van der Waals surface area contributed by atoms with Crippen molar-refractivity contribution < 1.29 is 9.53 Å². The summed E-state index contributed by atoms with van der Waals surface area (Å²) < 4.78 is 6.70. The van der Waals surface area contributed by atoms with Crippen LogP contribution < -0.4 is 4.74 Å². The topological polar surface area (TPSA) is 26.3 Å². The van der Waals surface area contributed by atoms with Crippen LogP contribution >= 0.6 is 11.3 Å². The number of rotatable bonds is 2. The Morgan fingerprint density at radius 2 is 2.00 bits per heavy atom. The maximum absolute atomic E-state index is 12.8. The van der Waals surface area contributed by atoms with Gasteiger partial charge in [0.2, 0.25) is 0 Å². The second-order valence-electron chi connectivity index (χ2n) is 4.91. The number of hydrogen-bond donors (Lipinski definition) is 0. The number of benzene rings is 2. The molecule has 1 aliphatic heterocycles. The zero-order valence-corrected chi connectivity index (χ0v) is 11.5. The number of carbonyl (C=O) groups is 1. The lowest BCUT2D eigenvalue weighted by atomic mass is 9.92. The minimum atomic E-state index is -0.182. The van der Waals surface area contributed by atoms with Gasteiger partial charge in [-0.1, -0.05) is 30.3 Å². The van der Waals surface area contributed by atoms with Crippen LogP contribution in [0, 0.1) is 0 Å². The third-order valence-electron chi connectivity index (χ3n) is 3.76. The monoisotopic (exact) mass is 280 g/mol. The zero-order valence-electron chi connectivity index (χ0n) is 10.7. The van der Waals surface area contributed by atoms with Crippen LogP contribution in [0.3, 0.4) is 0 Å². The first-order valence-electron chi connectivity index (χ1n) is 6.57. The number of ketones is 1. The molecule has 0 N–H and O–H groups in total. The number of carbonyl (C=O) groups excluding carboxylic acids is 1. The molecule has 1 aromatic heterocycles. The van der Waals surface area contributed by atoms with Crippen LogP contribution in [0.15, 0.2) is 53.9 Å². The molecule has 3 aromatic rings. The Kier molecular flexibility index (Phi) is 2.60. The Balaban J connectivity index is 1.81. The van der Waals surface area contributed by atoms with Gasteiger partial charge in [0.25, 0.3) is 0 Å². The summed E-state index contributed by atoms with van der Waals surface area (Å²) in [6.07, 6.45) is 0. The van der Waals surface area contributed by atoms with E-state index < -0.39 is 0 Å². The lowest BCUT2D eigenvalue weighted by Gasteiger charge is -2.08. The van der Waals surface area contributed by atoms with E-state index in [1.807, 2.05) is 47.8 Å². The zero-order chi connectivity index (χ0) is 13.5. The first-order chi connectivity index (χ1) is 9.84. The Morgan fingerprint density at radius 3 is 2.95 bits per heavy atom. The molecule has 0 bridgehead atoms. The van der Waals surface area contributed by atoms with Crippen LogP contribution in [0.1, 0.15) is 21.8 Å². The number of para-hydroxylation sites is 1. The summed E-state index contributed by atoms with van der Waals surface area (Å²) in [5.74, 6) is 0.811.